The summed E-state index contributed by atoms with van der Waals surface area (Å²) in [6.07, 6.45) is 1.95. The van der Waals surface area contributed by atoms with Gasteiger partial charge in [0.2, 0.25) is 5.91 Å². The van der Waals surface area contributed by atoms with E-state index in [0.717, 1.165) is 39.3 Å². The fraction of sp³-hybridized carbons (Fsp3) is 0.280. The zero-order valence-electron chi connectivity index (χ0n) is 18.7. The number of rotatable bonds is 6. The molecule has 1 amide bonds. The maximum Gasteiger partial charge on any atom is 0.242 e. The molecule has 0 aliphatic carbocycles. The highest BCUT2D eigenvalue weighted by Crippen LogP contribution is 2.23. The molecule has 2 heterocycles. The van der Waals surface area contributed by atoms with Crippen molar-refractivity contribution in [1.82, 2.24) is 19.2 Å². The number of carbonyl (C=O) groups is 1. The monoisotopic (exact) mass is 416 g/mol. The second-order valence-corrected chi connectivity index (χ2v) is 7.97. The molecule has 0 aliphatic heterocycles. The molecule has 0 saturated carbocycles. The van der Waals surface area contributed by atoms with Gasteiger partial charge in [0.25, 0.3) is 0 Å². The molecule has 31 heavy (non-hydrogen) atoms. The number of hydrogen-bond acceptors (Lipinski definition) is 3. The van der Waals surface area contributed by atoms with E-state index in [1.165, 1.54) is 5.56 Å². The lowest BCUT2D eigenvalue weighted by Crippen LogP contribution is -2.30. The second-order valence-electron chi connectivity index (χ2n) is 7.97. The van der Waals surface area contributed by atoms with E-state index in [-0.39, 0.29) is 12.5 Å². The quantitative estimate of drug-likeness (QED) is 0.468. The number of aromatic nitrogens is 3. The van der Waals surface area contributed by atoms with Crippen LogP contribution in [0.1, 0.15) is 22.5 Å². The summed E-state index contributed by atoms with van der Waals surface area (Å²) in [5.74, 6) is 0.862. The minimum atomic E-state index is 0.0516. The fourth-order valence-electron chi connectivity index (χ4n) is 3.97. The zero-order chi connectivity index (χ0) is 22.1. The Balaban J connectivity index is 1.53. The highest BCUT2D eigenvalue weighted by atomic mass is 16.5. The summed E-state index contributed by atoms with van der Waals surface area (Å²) in [4.78, 5) is 14.8. The number of fused-ring (bicyclic) bond motifs is 1. The molecule has 6 heteroatoms. The topological polar surface area (TPSA) is 52.3 Å². The number of hydrogen-bond donors (Lipinski definition) is 0. The molecular formula is C25H28N4O2. The number of methoxy groups -OCH3 is 1. The van der Waals surface area contributed by atoms with Gasteiger partial charge in [-0.1, -0.05) is 18.2 Å². The van der Waals surface area contributed by atoms with E-state index >= 15 is 0 Å². The average molecular weight is 417 g/mol. The summed E-state index contributed by atoms with van der Waals surface area (Å²) >= 11 is 0. The third kappa shape index (κ3) is 3.93. The lowest BCUT2D eigenvalue weighted by Gasteiger charge is -2.18. The van der Waals surface area contributed by atoms with Crippen molar-refractivity contribution in [3.63, 3.8) is 0 Å². The van der Waals surface area contributed by atoms with Gasteiger partial charge in [0.15, 0.2) is 0 Å². The van der Waals surface area contributed by atoms with E-state index < -0.39 is 0 Å². The highest BCUT2D eigenvalue weighted by Gasteiger charge is 2.18. The van der Waals surface area contributed by atoms with Gasteiger partial charge in [0.05, 0.1) is 18.5 Å². The van der Waals surface area contributed by atoms with Crippen LogP contribution in [0.5, 0.6) is 5.75 Å². The van der Waals surface area contributed by atoms with E-state index in [1.807, 2.05) is 65.8 Å². The summed E-state index contributed by atoms with van der Waals surface area (Å²) in [5, 5.41) is 5.80. The summed E-state index contributed by atoms with van der Waals surface area (Å²) < 4.78 is 9.24. The Hall–Kier alpha value is -3.54. The highest BCUT2D eigenvalue weighted by molar-refractivity contribution is 5.84. The molecule has 0 N–H and O–H groups in total. The number of nitrogens with zero attached hydrogens (tertiary/aromatic N) is 4. The predicted octanol–water partition coefficient (Wildman–Crippen LogP) is 4.42. The fourth-order valence-corrected chi connectivity index (χ4v) is 3.97. The van der Waals surface area contributed by atoms with Gasteiger partial charge in [-0.2, -0.15) is 5.10 Å². The molecule has 160 valence electrons. The van der Waals surface area contributed by atoms with E-state index in [0.29, 0.717) is 6.54 Å². The first-order valence-corrected chi connectivity index (χ1v) is 10.4. The van der Waals surface area contributed by atoms with Crippen molar-refractivity contribution in [2.75, 3.05) is 14.2 Å². The third-order valence-electron chi connectivity index (χ3n) is 5.89. The van der Waals surface area contributed by atoms with E-state index in [1.54, 1.807) is 12.0 Å². The smallest absolute Gasteiger partial charge is 0.242 e. The molecule has 0 spiro atoms. The van der Waals surface area contributed by atoms with Gasteiger partial charge in [0.1, 0.15) is 12.3 Å². The van der Waals surface area contributed by atoms with Crippen molar-refractivity contribution >= 4 is 16.8 Å². The summed E-state index contributed by atoms with van der Waals surface area (Å²) in [6.45, 7) is 6.96. The zero-order valence-corrected chi connectivity index (χ0v) is 18.7. The van der Waals surface area contributed by atoms with Gasteiger partial charge in [0, 0.05) is 41.9 Å². The molecule has 0 bridgehead atoms. The first kappa shape index (κ1) is 20.7. The second kappa shape index (κ2) is 8.30. The van der Waals surface area contributed by atoms with Crippen LogP contribution >= 0.6 is 0 Å². The molecule has 0 fully saturated rings. The van der Waals surface area contributed by atoms with Crippen LogP contribution in [-0.4, -0.2) is 39.3 Å². The van der Waals surface area contributed by atoms with Crippen LogP contribution in [0, 0.1) is 20.8 Å². The van der Waals surface area contributed by atoms with Crippen LogP contribution in [0.15, 0.2) is 54.7 Å². The first-order valence-electron chi connectivity index (χ1n) is 10.4. The summed E-state index contributed by atoms with van der Waals surface area (Å²) in [7, 11) is 3.50. The van der Waals surface area contributed by atoms with Crippen molar-refractivity contribution in [1.29, 1.82) is 0 Å². The molecule has 0 saturated heterocycles. The maximum atomic E-state index is 13.0. The Morgan fingerprint density at radius 2 is 1.87 bits per heavy atom. The lowest BCUT2D eigenvalue weighted by molar-refractivity contribution is -0.131. The molecule has 4 aromatic rings. The standard InChI is InChI=1S/C25H28N4O2/c1-17-8-6-7-9-23(17)29-19(3)22(18(2)26-29)15-27(4)25(30)16-28-13-12-20-14-21(31-5)10-11-24(20)28/h6-14H,15-16H2,1-5H3. The van der Waals surface area contributed by atoms with Crippen LogP contribution in [0.3, 0.4) is 0 Å². The van der Waals surface area contributed by atoms with Gasteiger partial charge in [-0.3, -0.25) is 4.79 Å². The van der Waals surface area contributed by atoms with Crippen LogP contribution in [0.4, 0.5) is 0 Å². The average Bonchev–Trinajstić information content (AvgIpc) is 3.29. The van der Waals surface area contributed by atoms with E-state index in [4.69, 9.17) is 9.84 Å². The minimum Gasteiger partial charge on any atom is -0.497 e. The molecule has 0 unspecified atom stereocenters. The van der Waals surface area contributed by atoms with Crippen LogP contribution in [0.2, 0.25) is 0 Å². The Bertz CT molecular complexity index is 1250. The molecule has 0 atom stereocenters. The number of ether oxygens (including phenoxy) is 1. The SMILES string of the molecule is COc1ccc2c(ccn2CC(=O)N(C)Cc2c(C)nn(-c3ccccc3C)c2C)c1. The molecule has 4 rings (SSSR count). The Morgan fingerprint density at radius 3 is 2.61 bits per heavy atom. The van der Waals surface area contributed by atoms with Crippen LogP contribution in [-0.2, 0) is 17.9 Å². The van der Waals surface area contributed by atoms with Gasteiger partial charge >= 0.3 is 0 Å². The number of aryl methyl sites for hydroxylation is 2. The number of likely N-dealkylation sites (N-methyl/N-ethyl adjacent to an activating group) is 1. The van der Waals surface area contributed by atoms with Crippen molar-refractivity contribution < 1.29 is 9.53 Å². The minimum absolute atomic E-state index is 0.0516. The van der Waals surface area contributed by atoms with Crippen LogP contribution in [0.25, 0.3) is 16.6 Å². The van der Waals surface area contributed by atoms with Crippen molar-refractivity contribution in [2.24, 2.45) is 0 Å². The van der Waals surface area contributed by atoms with E-state index in [2.05, 4.69) is 26.0 Å². The van der Waals surface area contributed by atoms with Gasteiger partial charge in [-0.15, -0.1) is 0 Å². The Labute approximate surface area is 182 Å². The molecular weight excluding hydrogens is 388 g/mol. The largest absolute Gasteiger partial charge is 0.497 e. The number of para-hydroxylation sites is 1. The normalized spacial score (nSPS) is 11.1. The first-order chi connectivity index (χ1) is 14.9. The van der Waals surface area contributed by atoms with E-state index in [9.17, 15) is 4.79 Å². The molecule has 2 aromatic carbocycles. The number of amides is 1. The molecule has 0 radical (unpaired) electrons. The number of benzene rings is 2. The van der Waals surface area contributed by atoms with Crippen molar-refractivity contribution in [2.45, 2.75) is 33.9 Å². The van der Waals surface area contributed by atoms with Crippen LogP contribution < -0.4 is 4.74 Å². The summed E-state index contributed by atoms with van der Waals surface area (Å²) in [6, 6.07) is 16.1. The van der Waals surface area contributed by atoms with Gasteiger partial charge in [-0.05, 0) is 56.7 Å². The van der Waals surface area contributed by atoms with Crippen molar-refractivity contribution in [3.8, 4) is 11.4 Å². The molecule has 2 aromatic heterocycles. The van der Waals surface area contributed by atoms with Gasteiger partial charge < -0.3 is 14.2 Å². The Morgan fingerprint density at radius 1 is 1.10 bits per heavy atom. The van der Waals surface area contributed by atoms with Gasteiger partial charge in [-0.25, -0.2) is 4.68 Å². The predicted molar refractivity (Wildman–Crippen MR) is 123 cm³/mol. The number of carbonyl (C=O) groups excluding carboxylic acids is 1. The third-order valence-corrected chi connectivity index (χ3v) is 5.89. The maximum absolute atomic E-state index is 13.0. The molecule has 0 aliphatic rings. The van der Waals surface area contributed by atoms with Crippen molar-refractivity contribution in [3.05, 3.63) is 77.2 Å². The Kier molecular flexibility index (Phi) is 5.55. The lowest BCUT2D eigenvalue weighted by atomic mass is 10.1. The summed E-state index contributed by atoms with van der Waals surface area (Å²) in [5.41, 5.74) is 6.34. The molecule has 6 nitrogen and oxygen atoms in total.